The number of hydrogen-bond acceptors (Lipinski definition) is 4. The molecule has 0 radical (unpaired) electrons. The van der Waals surface area contributed by atoms with E-state index in [1.807, 2.05) is 30.3 Å². The number of furan rings is 1. The molecule has 0 atom stereocenters. The number of anilines is 1. The molecule has 0 aliphatic heterocycles. The van der Waals surface area contributed by atoms with Gasteiger partial charge >= 0.3 is 5.91 Å². The number of nitrogens with one attached hydrogen (secondary N) is 1. The summed E-state index contributed by atoms with van der Waals surface area (Å²) < 4.78 is 8.54. The Morgan fingerprint density at radius 2 is 1.96 bits per heavy atom. The number of hydrazone groups is 1. The Morgan fingerprint density at radius 3 is 2.64 bits per heavy atom. The van der Waals surface area contributed by atoms with Gasteiger partial charge in [0.15, 0.2) is 5.76 Å². The third kappa shape index (κ3) is 4.77. The number of carbonyl (C=O) groups is 1. The van der Waals surface area contributed by atoms with Crippen LogP contribution in [0.5, 0.6) is 0 Å². The predicted octanol–water partition coefficient (Wildman–Crippen LogP) is 6.17. The van der Waals surface area contributed by atoms with E-state index >= 15 is 0 Å². The van der Waals surface area contributed by atoms with Crippen molar-refractivity contribution in [2.24, 2.45) is 5.10 Å². The summed E-state index contributed by atoms with van der Waals surface area (Å²) in [5.41, 5.74) is 5.22. The second-order valence-electron chi connectivity index (χ2n) is 6.00. The molecule has 28 heavy (non-hydrogen) atoms. The molecule has 0 fully saturated rings. The van der Waals surface area contributed by atoms with Crippen LogP contribution in [-0.4, -0.2) is 25.2 Å². The molecule has 3 aromatic rings. The first kappa shape index (κ1) is 21.3. The Hall–Kier alpha value is -1.39. The minimum absolute atomic E-state index is 0.223. The van der Waals surface area contributed by atoms with Crippen molar-refractivity contribution < 1.29 is 9.21 Å². The van der Waals surface area contributed by atoms with Crippen LogP contribution in [0.25, 0.3) is 11.0 Å². The largest absolute Gasteiger partial charge is 0.450 e. The van der Waals surface area contributed by atoms with Gasteiger partial charge in [-0.2, -0.15) is 5.10 Å². The molecule has 0 aliphatic rings. The van der Waals surface area contributed by atoms with Gasteiger partial charge in [-0.25, -0.2) is 5.43 Å². The lowest BCUT2D eigenvalue weighted by atomic mass is 10.2. The highest BCUT2D eigenvalue weighted by molar-refractivity contribution is 14.1. The van der Waals surface area contributed by atoms with Crippen molar-refractivity contribution in [2.45, 2.75) is 13.8 Å². The number of benzene rings is 2. The molecule has 2 aromatic carbocycles. The number of rotatable bonds is 6. The molecule has 0 unspecified atom stereocenters. The maximum Gasteiger partial charge on any atom is 0.307 e. The summed E-state index contributed by atoms with van der Waals surface area (Å²) in [6.45, 7) is 6.12. The van der Waals surface area contributed by atoms with Gasteiger partial charge in [0.1, 0.15) is 5.58 Å². The van der Waals surface area contributed by atoms with E-state index in [0.717, 1.165) is 42.2 Å². The van der Waals surface area contributed by atoms with Crippen molar-refractivity contribution in [3.8, 4) is 0 Å². The maximum absolute atomic E-state index is 12.3. The van der Waals surface area contributed by atoms with Gasteiger partial charge < -0.3 is 9.32 Å². The average molecular weight is 619 g/mol. The Morgan fingerprint density at radius 1 is 1.21 bits per heavy atom. The summed E-state index contributed by atoms with van der Waals surface area (Å²) in [7, 11) is 0. The molecular weight excluding hydrogens is 601 g/mol. The first-order valence-corrected chi connectivity index (χ1v) is 11.4. The van der Waals surface area contributed by atoms with Crippen molar-refractivity contribution in [1.29, 1.82) is 0 Å². The Labute approximate surface area is 193 Å². The number of hydrogen-bond donors (Lipinski definition) is 1. The third-order valence-corrected chi connectivity index (χ3v) is 6.11. The first-order valence-electron chi connectivity index (χ1n) is 8.69. The Kier molecular flexibility index (Phi) is 7.16. The van der Waals surface area contributed by atoms with Crippen molar-refractivity contribution in [2.75, 3.05) is 18.0 Å². The Bertz CT molecular complexity index is 1050. The maximum atomic E-state index is 12.3. The molecule has 0 saturated carbocycles. The number of halogens is 3. The van der Waals surface area contributed by atoms with Crippen LogP contribution >= 0.6 is 54.5 Å². The van der Waals surface area contributed by atoms with Crippen LogP contribution < -0.4 is 10.3 Å². The first-order chi connectivity index (χ1) is 13.4. The van der Waals surface area contributed by atoms with Crippen LogP contribution in [0.15, 0.2) is 54.9 Å². The minimum atomic E-state index is -0.391. The fraction of sp³-hybridized carbons (Fsp3) is 0.200. The molecule has 146 valence electrons. The molecule has 1 heterocycles. The van der Waals surface area contributed by atoms with Crippen molar-refractivity contribution in [3.05, 3.63) is 60.2 Å². The lowest BCUT2D eigenvalue weighted by Crippen LogP contribution is -2.22. The van der Waals surface area contributed by atoms with E-state index in [1.165, 1.54) is 0 Å². The molecule has 3 rings (SSSR count). The highest BCUT2D eigenvalue weighted by Gasteiger charge is 2.14. The smallest absolute Gasteiger partial charge is 0.307 e. The monoisotopic (exact) mass is 617 g/mol. The summed E-state index contributed by atoms with van der Waals surface area (Å²) in [6.07, 6.45) is 1.61. The van der Waals surface area contributed by atoms with E-state index in [4.69, 9.17) is 4.42 Å². The van der Waals surface area contributed by atoms with Gasteiger partial charge in [0, 0.05) is 27.4 Å². The molecule has 0 bridgehead atoms. The van der Waals surface area contributed by atoms with Crippen LogP contribution in [0.1, 0.15) is 30.0 Å². The topological polar surface area (TPSA) is 57.8 Å². The predicted molar refractivity (Wildman–Crippen MR) is 129 cm³/mol. The van der Waals surface area contributed by atoms with Gasteiger partial charge in [-0.3, -0.25) is 4.79 Å². The van der Waals surface area contributed by atoms with E-state index in [1.54, 1.807) is 12.3 Å². The van der Waals surface area contributed by atoms with Crippen LogP contribution in [0, 0.1) is 3.57 Å². The van der Waals surface area contributed by atoms with Crippen LogP contribution in [0.4, 0.5) is 5.69 Å². The highest BCUT2D eigenvalue weighted by atomic mass is 127. The molecule has 1 aromatic heterocycles. The zero-order valence-corrected chi connectivity index (χ0v) is 20.6. The SMILES string of the molecule is CCN(CC)c1ccc(/C=N\NC(=O)c2cc3cc(Br)cc(I)c3o2)cc1Br. The molecule has 5 nitrogen and oxygen atoms in total. The van der Waals surface area contributed by atoms with Gasteiger partial charge in [0.25, 0.3) is 0 Å². The van der Waals surface area contributed by atoms with E-state index in [0.29, 0.717) is 5.58 Å². The molecule has 0 saturated heterocycles. The van der Waals surface area contributed by atoms with E-state index in [-0.39, 0.29) is 5.76 Å². The standard InChI is InChI=1S/C20H18Br2IN3O2/c1-3-26(4-2)17-6-5-12(7-15(17)22)11-24-25-20(27)18-9-13-8-14(21)10-16(23)19(13)28-18/h5-11H,3-4H2,1-2H3,(H,25,27)/b24-11-. The minimum Gasteiger partial charge on any atom is -0.450 e. The van der Waals surface area contributed by atoms with Gasteiger partial charge in [0.2, 0.25) is 0 Å². The lowest BCUT2D eigenvalue weighted by Gasteiger charge is -2.22. The lowest BCUT2D eigenvalue weighted by molar-refractivity contribution is 0.0929. The molecule has 0 spiro atoms. The van der Waals surface area contributed by atoms with Gasteiger partial charge in [-0.1, -0.05) is 22.0 Å². The van der Waals surface area contributed by atoms with Crippen molar-refractivity contribution >= 4 is 83.2 Å². The van der Waals surface area contributed by atoms with E-state index < -0.39 is 5.91 Å². The van der Waals surface area contributed by atoms with Crippen molar-refractivity contribution in [3.63, 3.8) is 0 Å². The molecule has 0 aliphatic carbocycles. The van der Waals surface area contributed by atoms with E-state index in [9.17, 15) is 4.79 Å². The summed E-state index contributed by atoms with van der Waals surface area (Å²) in [5.74, 6) is -0.167. The number of fused-ring (bicyclic) bond motifs is 1. The van der Waals surface area contributed by atoms with Crippen LogP contribution in [0.2, 0.25) is 0 Å². The number of amides is 1. The molecular formula is C20H18Br2IN3O2. The summed E-state index contributed by atoms with van der Waals surface area (Å²) in [6, 6.07) is 11.5. The number of carbonyl (C=O) groups excluding carboxylic acids is 1. The molecule has 8 heteroatoms. The second-order valence-corrected chi connectivity index (χ2v) is 8.93. The fourth-order valence-corrected chi connectivity index (χ4v) is 5.14. The van der Waals surface area contributed by atoms with Gasteiger partial charge in [-0.15, -0.1) is 0 Å². The normalized spacial score (nSPS) is 11.3. The highest BCUT2D eigenvalue weighted by Crippen LogP contribution is 2.29. The molecule has 1 N–H and O–H groups in total. The van der Waals surface area contributed by atoms with E-state index in [2.05, 4.69) is 83.7 Å². The van der Waals surface area contributed by atoms with Crippen molar-refractivity contribution in [1.82, 2.24) is 5.43 Å². The number of nitrogens with zero attached hydrogens (tertiary/aromatic N) is 2. The summed E-state index contributed by atoms with van der Waals surface area (Å²) in [4.78, 5) is 14.6. The second kappa shape index (κ2) is 9.41. The van der Waals surface area contributed by atoms with Gasteiger partial charge in [0.05, 0.1) is 15.5 Å². The van der Waals surface area contributed by atoms with Gasteiger partial charge in [-0.05, 0) is 88.3 Å². The zero-order valence-electron chi connectivity index (χ0n) is 15.3. The van der Waals surface area contributed by atoms with Crippen LogP contribution in [-0.2, 0) is 0 Å². The van der Waals surface area contributed by atoms with Crippen LogP contribution in [0.3, 0.4) is 0 Å². The molecule has 1 amide bonds. The average Bonchev–Trinajstić information content (AvgIpc) is 3.08. The summed E-state index contributed by atoms with van der Waals surface area (Å²) in [5, 5.41) is 4.92. The zero-order chi connectivity index (χ0) is 20.3. The summed E-state index contributed by atoms with van der Waals surface area (Å²) >= 11 is 9.24. The Balaban J connectivity index is 1.71. The fourth-order valence-electron chi connectivity index (χ4n) is 2.83. The quantitative estimate of drug-likeness (QED) is 0.204. The third-order valence-electron chi connectivity index (χ3n) is 4.22.